The van der Waals surface area contributed by atoms with Gasteiger partial charge in [0.25, 0.3) is 0 Å². The number of benzene rings is 1. The highest BCUT2D eigenvalue weighted by Gasteiger charge is 2.15. The Balaban J connectivity index is 2.35. The minimum atomic E-state index is -0.608. The topological polar surface area (TPSA) is 20.2 Å². The predicted molar refractivity (Wildman–Crippen MR) is 80.2 cm³/mol. The molecule has 1 aromatic heterocycles. The largest absolute Gasteiger partial charge is 0.383 e. The van der Waals surface area contributed by atoms with Gasteiger partial charge in [-0.25, -0.2) is 0 Å². The van der Waals surface area contributed by atoms with Crippen LogP contribution in [0.25, 0.3) is 0 Å². The summed E-state index contributed by atoms with van der Waals surface area (Å²) in [5.74, 6) is 0. The number of hydrogen-bond acceptors (Lipinski definition) is 2. The molecule has 5 heteroatoms. The van der Waals surface area contributed by atoms with E-state index in [1.807, 2.05) is 24.3 Å². The Bertz CT molecular complexity index is 495. The normalized spacial score (nSPS) is 12.8. The smallest absolute Gasteiger partial charge is 0.113 e. The monoisotopic (exact) mass is 428 g/mol. The third kappa shape index (κ3) is 2.79. The molecule has 0 radical (unpaired) electrons. The first kappa shape index (κ1) is 12.8. The summed E-state index contributed by atoms with van der Waals surface area (Å²) in [7, 11) is 0. The van der Waals surface area contributed by atoms with Crippen LogP contribution in [-0.2, 0) is 0 Å². The maximum Gasteiger partial charge on any atom is 0.113 e. The molecule has 16 heavy (non-hydrogen) atoms. The molecule has 0 fully saturated rings. The van der Waals surface area contributed by atoms with Crippen molar-refractivity contribution in [2.75, 3.05) is 0 Å². The van der Waals surface area contributed by atoms with Crippen LogP contribution in [0.4, 0.5) is 0 Å². The minimum Gasteiger partial charge on any atom is -0.383 e. The van der Waals surface area contributed by atoms with Crippen molar-refractivity contribution in [3.8, 4) is 0 Å². The second-order valence-electron chi connectivity index (χ2n) is 3.23. The zero-order valence-corrected chi connectivity index (χ0v) is 13.3. The first-order chi connectivity index (χ1) is 7.58. The lowest BCUT2D eigenvalue weighted by atomic mass is 10.1. The molecule has 1 N–H and O–H groups in total. The Kier molecular flexibility index (Phi) is 4.29. The maximum absolute atomic E-state index is 10.2. The van der Waals surface area contributed by atoms with E-state index in [2.05, 4.69) is 38.5 Å². The van der Waals surface area contributed by atoms with E-state index in [4.69, 9.17) is 11.6 Å². The fraction of sp³-hybridized carbons (Fsp3) is 0.0909. The van der Waals surface area contributed by atoms with Crippen LogP contribution in [-0.4, -0.2) is 5.11 Å². The van der Waals surface area contributed by atoms with E-state index in [0.29, 0.717) is 5.02 Å². The van der Waals surface area contributed by atoms with E-state index in [1.54, 1.807) is 6.07 Å². The second-order valence-corrected chi connectivity index (χ2v) is 7.28. The van der Waals surface area contributed by atoms with E-state index in [9.17, 15) is 5.11 Å². The van der Waals surface area contributed by atoms with Crippen molar-refractivity contribution in [3.63, 3.8) is 0 Å². The number of aliphatic hydroxyl groups is 1. The lowest BCUT2D eigenvalue weighted by Crippen LogP contribution is -1.96. The summed E-state index contributed by atoms with van der Waals surface area (Å²) in [5, 5.41) is 10.8. The van der Waals surface area contributed by atoms with Crippen LogP contribution in [0.1, 0.15) is 16.5 Å². The van der Waals surface area contributed by atoms with Crippen molar-refractivity contribution in [2.45, 2.75) is 6.10 Å². The molecule has 2 rings (SSSR count). The van der Waals surface area contributed by atoms with Crippen LogP contribution in [0.15, 0.2) is 34.1 Å². The van der Waals surface area contributed by atoms with Crippen molar-refractivity contribution >= 4 is 61.5 Å². The molecule has 0 bridgehead atoms. The van der Waals surface area contributed by atoms with E-state index in [-0.39, 0.29) is 0 Å². The van der Waals surface area contributed by atoms with Gasteiger partial charge in [0.15, 0.2) is 0 Å². The molecular weight excluding hydrogens is 422 g/mol. The first-order valence-electron chi connectivity index (χ1n) is 4.46. The summed E-state index contributed by atoms with van der Waals surface area (Å²) in [6.07, 6.45) is -0.608. The van der Waals surface area contributed by atoms with Crippen molar-refractivity contribution < 1.29 is 5.11 Å². The molecule has 0 saturated carbocycles. The molecule has 1 heterocycles. The lowest BCUT2D eigenvalue weighted by Gasteiger charge is -2.08. The maximum atomic E-state index is 10.2. The van der Waals surface area contributed by atoms with Crippen molar-refractivity contribution in [2.24, 2.45) is 0 Å². The van der Waals surface area contributed by atoms with Crippen LogP contribution in [0.5, 0.6) is 0 Å². The predicted octanol–water partition coefficient (Wildman–Crippen LogP) is 4.85. The Labute approximate surface area is 125 Å². The molecule has 1 aromatic carbocycles. The van der Waals surface area contributed by atoms with E-state index < -0.39 is 6.10 Å². The second kappa shape index (κ2) is 5.35. The summed E-state index contributed by atoms with van der Waals surface area (Å²) >= 11 is 13.0. The molecule has 0 amide bonds. The molecule has 1 atom stereocenters. The minimum absolute atomic E-state index is 0.608. The summed E-state index contributed by atoms with van der Waals surface area (Å²) in [5.41, 5.74) is 0.886. The van der Waals surface area contributed by atoms with Crippen molar-refractivity contribution in [1.29, 1.82) is 0 Å². The van der Waals surface area contributed by atoms with Gasteiger partial charge in [-0.3, -0.25) is 0 Å². The molecule has 0 aliphatic carbocycles. The Hall–Kier alpha value is 0.380. The van der Waals surface area contributed by atoms with Crippen LogP contribution in [0, 0.1) is 3.57 Å². The fourth-order valence-corrected chi connectivity index (χ4v) is 3.67. The molecule has 0 spiro atoms. The Morgan fingerprint density at radius 3 is 2.69 bits per heavy atom. The molecule has 0 saturated heterocycles. The molecule has 0 aliphatic heterocycles. The number of thiophene rings is 1. The van der Waals surface area contributed by atoms with Gasteiger partial charge >= 0.3 is 0 Å². The highest BCUT2D eigenvalue weighted by Crippen LogP contribution is 2.37. The SMILES string of the molecule is OC(c1cccc(I)c1)c1cc(Cl)c(Br)s1. The number of halogens is 3. The molecular formula is C11H7BrClIOS. The van der Waals surface area contributed by atoms with Crippen LogP contribution in [0.2, 0.25) is 5.02 Å². The van der Waals surface area contributed by atoms with Crippen LogP contribution < -0.4 is 0 Å². The Morgan fingerprint density at radius 1 is 1.38 bits per heavy atom. The van der Waals surface area contributed by atoms with Gasteiger partial charge in [-0.2, -0.15) is 0 Å². The van der Waals surface area contributed by atoms with Crippen LogP contribution in [0.3, 0.4) is 0 Å². The Morgan fingerprint density at radius 2 is 2.12 bits per heavy atom. The fourth-order valence-electron chi connectivity index (χ4n) is 1.34. The van der Waals surface area contributed by atoms with Gasteiger partial charge in [0, 0.05) is 8.45 Å². The third-order valence-corrected chi connectivity index (χ3v) is 5.30. The first-order valence-corrected chi connectivity index (χ1v) is 7.53. The molecule has 0 aliphatic rings. The molecule has 1 nitrogen and oxygen atoms in total. The molecule has 2 aromatic rings. The van der Waals surface area contributed by atoms with Gasteiger partial charge in [-0.1, -0.05) is 23.7 Å². The molecule has 84 valence electrons. The van der Waals surface area contributed by atoms with Gasteiger partial charge in [0.1, 0.15) is 6.10 Å². The zero-order valence-electron chi connectivity index (χ0n) is 7.95. The van der Waals surface area contributed by atoms with Gasteiger partial charge in [0.05, 0.1) is 8.81 Å². The van der Waals surface area contributed by atoms with E-state index >= 15 is 0 Å². The quantitative estimate of drug-likeness (QED) is 0.677. The van der Waals surface area contributed by atoms with Gasteiger partial charge in [0.2, 0.25) is 0 Å². The lowest BCUT2D eigenvalue weighted by molar-refractivity contribution is 0.224. The van der Waals surface area contributed by atoms with E-state index in [0.717, 1.165) is 17.8 Å². The number of aliphatic hydroxyl groups excluding tert-OH is 1. The highest BCUT2D eigenvalue weighted by molar-refractivity contribution is 14.1. The average Bonchev–Trinajstić information content (AvgIpc) is 2.58. The highest BCUT2D eigenvalue weighted by atomic mass is 127. The van der Waals surface area contributed by atoms with Crippen molar-refractivity contribution in [3.05, 3.63) is 53.2 Å². The van der Waals surface area contributed by atoms with Gasteiger partial charge < -0.3 is 5.11 Å². The van der Waals surface area contributed by atoms with Gasteiger partial charge in [-0.15, -0.1) is 11.3 Å². The number of hydrogen-bond donors (Lipinski definition) is 1. The molecule has 1 unspecified atom stereocenters. The zero-order chi connectivity index (χ0) is 11.7. The summed E-state index contributed by atoms with van der Waals surface area (Å²) in [6, 6.07) is 9.60. The number of rotatable bonds is 2. The van der Waals surface area contributed by atoms with Crippen LogP contribution >= 0.6 is 61.5 Å². The summed E-state index contributed by atoms with van der Waals surface area (Å²) in [6.45, 7) is 0. The average molecular weight is 430 g/mol. The van der Waals surface area contributed by atoms with E-state index in [1.165, 1.54) is 11.3 Å². The standard InChI is InChI=1S/C11H7BrClIOS/c12-11-8(13)5-9(16-11)10(15)6-2-1-3-7(14)4-6/h1-5,10,15H. The summed E-state index contributed by atoms with van der Waals surface area (Å²) in [4.78, 5) is 0.846. The summed E-state index contributed by atoms with van der Waals surface area (Å²) < 4.78 is 1.96. The third-order valence-electron chi connectivity index (χ3n) is 2.10. The van der Waals surface area contributed by atoms with Gasteiger partial charge in [-0.05, 0) is 62.3 Å². The van der Waals surface area contributed by atoms with Crippen molar-refractivity contribution in [1.82, 2.24) is 0 Å².